The molecule has 0 atom stereocenters. The summed E-state index contributed by atoms with van der Waals surface area (Å²) >= 11 is 0. The second kappa shape index (κ2) is 9.57. The average Bonchev–Trinajstić information content (AvgIpc) is 3.02. The van der Waals surface area contributed by atoms with Crippen LogP contribution in [0.3, 0.4) is 0 Å². The highest BCUT2D eigenvalue weighted by Gasteiger charge is 2.31. The first kappa shape index (κ1) is 23.1. The topological polar surface area (TPSA) is 130 Å². The van der Waals surface area contributed by atoms with E-state index in [1.165, 1.54) is 7.11 Å². The molecule has 0 radical (unpaired) electrons. The zero-order chi connectivity index (χ0) is 21.8. The normalized spacial score (nSPS) is 14.0. The van der Waals surface area contributed by atoms with Crippen molar-refractivity contribution in [2.75, 3.05) is 13.3 Å². The zero-order valence-electron chi connectivity index (χ0n) is 16.9. The Bertz CT molecular complexity index is 881. The van der Waals surface area contributed by atoms with Crippen LogP contribution in [0.4, 0.5) is 0 Å². The molecule has 0 saturated carbocycles. The number of phenols is 1. The Balaban J connectivity index is 2.03. The Kier molecular flexibility index (Phi) is 7.63. The van der Waals surface area contributed by atoms with Gasteiger partial charge in [-0.3, -0.25) is 9.36 Å². The first-order valence-corrected chi connectivity index (χ1v) is 11.1. The van der Waals surface area contributed by atoms with Gasteiger partial charge in [-0.15, -0.1) is 0 Å². The summed E-state index contributed by atoms with van der Waals surface area (Å²) in [4.78, 5) is 41.4. The molecule has 0 spiro atoms. The molecule has 1 aromatic carbocycles. The number of carbonyl (C=O) groups is 2. The van der Waals surface area contributed by atoms with Gasteiger partial charge in [-0.2, -0.15) is 0 Å². The molecule has 1 aromatic rings. The second-order valence-electron chi connectivity index (χ2n) is 7.20. The second-order valence-corrected chi connectivity index (χ2v) is 8.98. The number of esters is 1. The molecule has 2 rings (SSSR count). The lowest BCUT2D eigenvalue weighted by atomic mass is 9.94. The third-order valence-electron chi connectivity index (χ3n) is 5.01. The van der Waals surface area contributed by atoms with Gasteiger partial charge in [0.1, 0.15) is 29.5 Å². The van der Waals surface area contributed by atoms with Crippen LogP contribution in [0.2, 0.25) is 0 Å². The zero-order valence-corrected chi connectivity index (χ0v) is 17.8. The number of allylic oxidation sites excluding steroid dienone is 2. The van der Waals surface area contributed by atoms with Crippen molar-refractivity contribution in [3.8, 4) is 11.5 Å². The monoisotopic (exact) mass is 426 g/mol. The predicted molar refractivity (Wildman–Crippen MR) is 106 cm³/mol. The van der Waals surface area contributed by atoms with Gasteiger partial charge in [0, 0.05) is 24.0 Å². The maximum absolute atomic E-state index is 11.9. The summed E-state index contributed by atoms with van der Waals surface area (Å²) in [7, 11) is -2.56. The Morgan fingerprint density at radius 2 is 1.97 bits per heavy atom. The van der Waals surface area contributed by atoms with Crippen LogP contribution in [0.1, 0.15) is 59.7 Å². The molecular weight excluding hydrogens is 399 g/mol. The number of hydrogen-bond acceptors (Lipinski definition) is 6. The van der Waals surface area contributed by atoms with Crippen molar-refractivity contribution in [1.82, 2.24) is 0 Å². The van der Waals surface area contributed by atoms with Gasteiger partial charge >= 0.3 is 13.6 Å². The van der Waals surface area contributed by atoms with Crippen LogP contribution in [-0.2, 0) is 27.1 Å². The fourth-order valence-electron chi connectivity index (χ4n) is 3.35. The van der Waals surface area contributed by atoms with Gasteiger partial charge in [-0.05, 0) is 38.7 Å². The van der Waals surface area contributed by atoms with Gasteiger partial charge in [0.15, 0.2) is 0 Å². The smallest absolute Gasteiger partial charge is 0.342 e. The molecule has 160 valence electrons. The van der Waals surface area contributed by atoms with Crippen molar-refractivity contribution < 1.29 is 38.5 Å². The van der Waals surface area contributed by atoms with Crippen LogP contribution in [-0.4, -0.2) is 39.9 Å². The summed E-state index contributed by atoms with van der Waals surface area (Å²) in [5.74, 6) is -0.228. The van der Waals surface area contributed by atoms with Gasteiger partial charge in [-0.25, -0.2) is 4.79 Å². The Labute approximate surface area is 169 Å². The number of carbonyl (C=O) groups excluding carboxylic acids is 2. The number of fused-ring (bicyclic) bond motifs is 1. The van der Waals surface area contributed by atoms with E-state index in [1.807, 2.05) is 19.9 Å². The van der Waals surface area contributed by atoms with Gasteiger partial charge < -0.3 is 24.4 Å². The number of ketones is 1. The van der Waals surface area contributed by atoms with E-state index in [0.717, 1.165) is 11.1 Å². The lowest BCUT2D eigenvalue weighted by molar-refractivity contribution is -0.119. The number of hydrogen-bond donors (Lipinski definition) is 3. The molecule has 8 nitrogen and oxygen atoms in total. The van der Waals surface area contributed by atoms with Crippen LogP contribution in [0, 0.1) is 6.92 Å². The van der Waals surface area contributed by atoms with E-state index in [-0.39, 0.29) is 49.1 Å². The Hall–Kier alpha value is -2.15. The van der Waals surface area contributed by atoms with E-state index in [2.05, 4.69) is 0 Å². The first-order chi connectivity index (χ1) is 13.5. The van der Waals surface area contributed by atoms with E-state index >= 15 is 0 Å². The van der Waals surface area contributed by atoms with Crippen molar-refractivity contribution >= 4 is 19.3 Å². The molecular formula is C20H27O8P. The maximum atomic E-state index is 11.9. The number of cyclic esters (lactones) is 1. The molecule has 0 amide bonds. The number of methoxy groups -OCH3 is 1. The van der Waals surface area contributed by atoms with E-state index in [9.17, 15) is 19.3 Å². The number of ether oxygens (including phenoxy) is 2. The minimum absolute atomic E-state index is 0.0530. The first-order valence-electron chi connectivity index (χ1n) is 9.35. The standard InChI is InChI=1S/C20H27O8P/c1-12(6-8-14(21)5-4-10-29(24,25)26)7-9-15-18(22)17-16(11-28-20(17)23)13(2)19(15)27-3/h7,22H,4-6,8-11H2,1-3H3,(H2,24,25,26)/b12-7+. The number of Topliss-reactive ketones (excluding diaryl/α,β-unsaturated/α-hetero) is 1. The van der Waals surface area contributed by atoms with E-state index < -0.39 is 13.6 Å². The fourth-order valence-corrected chi connectivity index (χ4v) is 3.92. The SMILES string of the molecule is COc1c(C)c2c(c(O)c1C/C=C(\C)CCC(=O)CCCP(=O)(O)O)C(=O)OC2. The van der Waals surface area contributed by atoms with Crippen molar-refractivity contribution in [3.63, 3.8) is 0 Å². The van der Waals surface area contributed by atoms with Crippen LogP contribution in [0.15, 0.2) is 11.6 Å². The highest BCUT2D eigenvalue weighted by molar-refractivity contribution is 7.51. The molecule has 0 fully saturated rings. The summed E-state index contributed by atoms with van der Waals surface area (Å²) in [6.45, 7) is 3.79. The summed E-state index contributed by atoms with van der Waals surface area (Å²) < 4.78 is 21.3. The molecule has 3 N–H and O–H groups in total. The van der Waals surface area contributed by atoms with Crippen molar-refractivity contribution in [1.29, 1.82) is 0 Å². The lowest BCUT2D eigenvalue weighted by Gasteiger charge is -2.15. The largest absolute Gasteiger partial charge is 0.507 e. The van der Waals surface area contributed by atoms with E-state index in [1.54, 1.807) is 0 Å². The summed E-state index contributed by atoms with van der Waals surface area (Å²) in [5, 5.41) is 10.6. The van der Waals surface area contributed by atoms with Crippen molar-refractivity contribution in [2.45, 2.75) is 52.6 Å². The van der Waals surface area contributed by atoms with Crippen molar-refractivity contribution in [2.24, 2.45) is 0 Å². The number of aromatic hydroxyl groups is 1. The molecule has 1 aliphatic heterocycles. The number of benzene rings is 1. The minimum Gasteiger partial charge on any atom is -0.507 e. The predicted octanol–water partition coefficient (Wildman–Crippen LogP) is 3.18. The van der Waals surface area contributed by atoms with Gasteiger partial charge in [0.25, 0.3) is 0 Å². The van der Waals surface area contributed by atoms with E-state index in [0.29, 0.717) is 29.7 Å². The molecule has 0 saturated heterocycles. The van der Waals surface area contributed by atoms with Crippen LogP contribution in [0.25, 0.3) is 0 Å². The third kappa shape index (κ3) is 5.92. The van der Waals surface area contributed by atoms with Crippen LogP contribution < -0.4 is 4.74 Å². The number of rotatable bonds is 10. The molecule has 0 unspecified atom stereocenters. The molecule has 29 heavy (non-hydrogen) atoms. The van der Waals surface area contributed by atoms with Crippen LogP contribution in [0.5, 0.6) is 11.5 Å². The molecule has 1 heterocycles. The fraction of sp³-hybridized carbons (Fsp3) is 0.500. The summed E-state index contributed by atoms with van der Waals surface area (Å²) in [6, 6.07) is 0. The molecule has 9 heteroatoms. The lowest BCUT2D eigenvalue weighted by Crippen LogP contribution is -2.03. The molecule has 0 aromatic heterocycles. The van der Waals surface area contributed by atoms with Crippen molar-refractivity contribution in [3.05, 3.63) is 33.9 Å². The highest BCUT2D eigenvalue weighted by atomic mass is 31.2. The molecule has 0 aliphatic carbocycles. The van der Waals surface area contributed by atoms with Gasteiger partial charge in [-0.1, -0.05) is 11.6 Å². The summed E-state index contributed by atoms with van der Waals surface area (Å²) in [6.07, 6.45) is 3.00. The maximum Gasteiger partial charge on any atom is 0.342 e. The molecule has 1 aliphatic rings. The van der Waals surface area contributed by atoms with E-state index in [4.69, 9.17) is 19.3 Å². The average molecular weight is 426 g/mol. The van der Waals surface area contributed by atoms with Crippen LogP contribution >= 0.6 is 7.60 Å². The minimum atomic E-state index is -4.06. The summed E-state index contributed by atoms with van der Waals surface area (Å²) in [5.41, 5.74) is 3.00. The quantitative estimate of drug-likeness (QED) is 0.295. The van der Waals surface area contributed by atoms with Gasteiger partial charge in [0.2, 0.25) is 0 Å². The van der Waals surface area contributed by atoms with Gasteiger partial charge in [0.05, 0.1) is 13.3 Å². The highest BCUT2D eigenvalue weighted by Crippen LogP contribution is 2.42. The third-order valence-corrected chi connectivity index (χ3v) is 5.90. The Morgan fingerprint density at radius 1 is 1.28 bits per heavy atom. The molecule has 0 bridgehead atoms. The Morgan fingerprint density at radius 3 is 2.59 bits per heavy atom. The number of phenolic OH excluding ortho intramolecular Hbond substituents is 1.